The summed E-state index contributed by atoms with van der Waals surface area (Å²) < 4.78 is 51.5. The van der Waals surface area contributed by atoms with Crippen LogP contribution in [-0.2, 0) is 51.7 Å². The van der Waals surface area contributed by atoms with E-state index in [4.69, 9.17) is 24.5 Å². The number of sulfonamides is 1. The Bertz CT molecular complexity index is 1520. The number of nitrogens with zero attached hydrogens (tertiary/aromatic N) is 7. The standard InChI is InChI=1S/C30H48N10O10S/c1-5-6-26(34-27(41)19-33-37-31)29(42)32-11-13-48-15-17-50-18-16-49-14-12-39-20-23(35-38-39)21-40(28(22(2)3)30(43)36-44)51(45,46)25-9-7-24(47-4)8-10-25/h7-10,20,22,26,28,44H,5-6,11-19,21H2,1-4H3,(H,32,42)(H,34,41)(H,36,43)/t26?,28-/m0/s1. The first kappa shape index (κ1) is 42.8. The summed E-state index contributed by atoms with van der Waals surface area (Å²) in [6, 6.07) is 3.76. The number of hydroxylamine groups is 1. The number of azide groups is 1. The summed E-state index contributed by atoms with van der Waals surface area (Å²) in [7, 11) is -2.77. The van der Waals surface area contributed by atoms with Gasteiger partial charge in [0, 0.05) is 17.7 Å². The molecule has 1 aromatic heterocycles. The summed E-state index contributed by atoms with van der Waals surface area (Å²) in [6.45, 7) is 6.81. The molecule has 0 fully saturated rings. The lowest BCUT2D eigenvalue weighted by molar-refractivity contribution is -0.134. The highest BCUT2D eigenvalue weighted by Crippen LogP contribution is 2.26. The molecule has 0 radical (unpaired) electrons. The molecule has 0 bridgehead atoms. The molecule has 2 aromatic rings. The molecule has 0 saturated heterocycles. The van der Waals surface area contributed by atoms with Gasteiger partial charge in [0.1, 0.15) is 24.4 Å². The van der Waals surface area contributed by atoms with Crippen LogP contribution in [0, 0.1) is 5.92 Å². The second kappa shape index (κ2) is 23.2. The van der Waals surface area contributed by atoms with Crippen molar-refractivity contribution in [2.24, 2.45) is 11.0 Å². The Morgan fingerprint density at radius 2 is 1.69 bits per heavy atom. The van der Waals surface area contributed by atoms with Gasteiger partial charge in [-0.1, -0.05) is 37.5 Å². The first-order valence-corrected chi connectivity index (χ1v) is 17.7. The van der Waals surface area contributed by atoms with Crippen molar-refractivity contribution in [1.82, 2.24) is 35.4 Å². The van der Waals surface area contributed by atoms with Crippen molar-refractivity contribution >= 4 is 27.7 Å². The molecule has 0 aliphatic heterocycles. The molecule has 0 spiro atoms. The van der Waals surface area contributed by atoms with E-state index in [-0.39, 0.29) is 49.3 Å². The summed E-state index contributed by atoms with van der Waals surface area (Å²) in [5, 5.41) is 25.9. The molecule has 0 aliphatic rings. The number of aromatic nitrogens is 3. The van der Waals surface area contributed by atoms with Gasteiger partial charge in [-0.3, -0.25) is 19.6 Å². The van der Waals surface area contributed by atoms with Crippen LogP contribution in [0.2, 0.25) is 0 Å². The number of ether oxygens (including phenoxy) is 4. The first-order valence-electron chi connectivity index (χ1n) is 16.3. The molecule has 3 amide bonds. The van der Waals surface area contributed by atoms with Gasteiger partial charge in [0.2, 0.25) is 21.8 Å². The highest BCUT2D eigenvalue weighted by atomic mass is 32.2. The molecule has 21 heteroatoms. The van der Waals surface area contributed by atoms with Gasteiger partial charge < -0.3 is 29.6 Å². The number of hydrogen-bond acceptors (Lipinski definition) is 13. The Labute approximate surface area is 296 Å². The van der Waals surface area contributed by atoms with Gasteiger partial charge >= 0.3 is 0 Å². The van der Waals surface area contributed by atoms with Gasteiger partial charge in [-0.2, -0.15) is 4.31 Å². The highest BCUT2D eigenvalue weighted by molar-refractivity contribution is 7.89. The smallest absolute Gasteiger partial charge is 0.262 e. The second-order valence-electron chi connectivity index (χ2n) is 11.3. The number of carbonyl (C=O) groups is 3. The number of benzene rings is 1. The fourth-order valence-electron chi connectivity index (χ4n) is 4.69. The third kappa shape index (κ3) is 14.8. The van der Waals surface area contributed by atoms with Gasteiger partial charge in [-0.25, -0.2) is 18.6 Å². The zero-order valence-electron chi connectivity index (χ0n) is 29.3. The third-order valence-electron chi connectivity index (χ3n) is 7.15. The fraction of sp³-hybridized carbons (Fsp3) is 0.633. The molecule has 2 atom stereocenters. The lowest BCUT2D eigenvalue weighted by Crippen LogP contribution is -2.51. The summed E-state index contributed by atoms with van der Waals surface area (Å²) in [5.74, 6) is -1.80. The van der Waals surface area contributed by atoms with Crippen LogP contribution in [-0.4, -0.2) is 123 Å². The van der Waals surface area contributed by atoms with Gasteiger partial charge in [0.25, 0.3) is 5.91 Å². The molecule has 0 aliphatic carbocycles. The Morgan fingerprint density at radius 3 is 2.27 bits per heavy atom. The Balaban J connectivity index is 1.74. The van der Waals surface area contributed by atoms with Crippen molar-refractivity contribution in [2.45, 2.75) is 63.7 Å². The van der Waals surface area contributed by atoms with Gasteiger partial charge in [0.15, 0.2) is 0 Å². The average Bonchev–Trinajstić information content (AvgIpc) is 3.57. The summed E-state index contributed by atoms with van der Waals surface area (Å²) in [5.41, 5.74) is 10.2. The Morgan fingerprint density at radius 1 is 1.04 bits per heavy atom. The lowest BCUT2D eigenvalue weighted by Gasteiger charge is -2.31. The zero-order valence-corrected chi connectivity index (χ0v) is 30.1. The topological polar surface area (TPSA) is 261 Å². The molecular formula is C30H48N10O10S. The van der Waals surface area contributed by atoms with Crippen molar-refractivity contribution < 1.29 is 47.0 Å². The van der Waals surface area contributed by atoms with E-state index in [0.717, 1.165) is 4.31 Å². The van der Waals surface area contributed by atoms with Crippen LogP contribution >= 0.6 is 0 Å². The van der Waals surface area contributed by atoms with E-state index < -0.39 is 39.8 Å². The molecule has 1 heterocycles. The van der Waals surface area contributed by atoms with Crippen LogP contribution in [0.3, 0.4) is 0 Å². The van der Waals surface area contributed by atoms with E-state index in [1.54, 1.807) is 25.5 Å². The summed E-state index contributed by atoms with van der Waals surface area (Å²) in [6.07, 6.45) is 2.66. The highest BCUT2D eigenvalue weighted by Gasteiger charge is 2.38. The first-order chi connectivity index (χ1) is 24.5. The summed E-state index contributed by atoms with van der Waals surface area (Å²) in [4.78, 5) is 39.2. The monoisotopic (exact) mass is 740 g/mol. The predicted molar refractivity (Wildman–Crippen MR) is 181 cm³/mol. The molecular weight excluding hydrogens is 692 g/mol. The molecule has 284 valence electrons. The maximum absolute atomic E-state index is 13.7. The maximum Gasteiger partial charge on any atom is 0.262 e. The van der Waals surface area contributed by atoms with E-state index in [2.05, 4.69) is 31.0 Å². The van der Waals surface area contributed by atoms with E-state index in [9.17, 15) is 28.0 Å². The molecule has 51 heavy (non-hydrogen) atoms. The minimum atomic E-state index is -4.23. The lowest BCUT2D eigenvalue weighted by atomic mass is 10.0. The normalized spacial score (nSPS) is 12.6. The number of nitrogens with one attached hydrogen (secondary N) is 3. The van der Waals surface area contributed by atoms with Crippen molar-refractivity contribution in [3.8, 4) is 5.75 Å². The van der Waals surface area contributed by atoms with Crippen molar-refractivity contribution in [1.29, 1.82) is 0 Å². The Kier molecular flexibility index (Phi) is 19.4. The number of hydrogen-bond donors (Lipinski definition) is 4. The number of carbonyl (C=O) groups excluding carboxylic acids is 3. The molecule has 4 N–H and O–H groups in total. The molecule has 0 saturated carbocycles. The quantitative estimate of drug-likeness (QED) is 0.0260. The molecule has 2 rings (SSSR count). The SMILES string of the molecule is CCCC(NC(=O)CN=[N+]=[N-])C(=O)NCCOCCOCCOCCn1cc(CN([C@H](C(=O)NO)C(C)C)S(=O)(=O)c2ccc(OC)cc2)nn1. The van der Waals surface area contributed by atoms with Crippen molar-refractivity contribution in [3.63, 3.8) is 0 Å². The minimum absolute atomic E-state index is 0.0661. The zero-order chi connectivity index (χ0) is 37.6. The van der Waals surface area contributed by atoms with Crippen LogP contribution in [0.25, 0.3) is 10.4 Å². The second-order valence-corrected chi connectivity index (χ2v) is 13.2. The third-order valence-corrected chi connectivity index (χ3v) is 8.99. The number of rotatable bonds is 26. The van der Waals surface area contributed by atoms with Crippen LogP contribution in [0.1, 0.15) is 39.3 Å². The van der Waals surface area contributed by atoms with Crippen LogP contribution in [0.15, 0.2) is 40.5 Å². The fourth-order valence-corrected chi connectivity index (χ4v) is 6.38. The van der Waals surface area contributed by atoms with Crippen LogP contribution < -0.4 is 20.9 Å². The maximum atomic E-state index is 13.7. The minimum Gasteiger partial charge on any atom is -0.497 e. The van der Waals surface area contributed by atoms with Crippen LogP contribution in [0.4, 0.5) is 0 Å². The van der Waals surface area contributed by atoms with Crippen molar-refractivity contribution in [2.75, 3.05) is 59.8 Å². The number of amides is 3. The summed E-state index contributed by atoms with van der Waals surface area (Å²) >= 11 is 0. The number of methoxy groups -OCH3 is 1. The molecule has 1 aromatic carbocycles. The van der Waals surface area contributed by atoms with Crippen LogP contribution in [0.5, 0.6) is 5.75 Å². The molecule has 20 nitrogen and oxygen atoms in total. The van der Waals surface area contributed by atoms with E-state index in [0.29, 0.717) is 51.6 Å². The average molecular weight is 741 g/mol. The van der Waals surface area contributed by atoms with E-state index in [1.165, 1.54) is 36.1 Å². The molecule has 1 unspecified atom stereocenters. The van der Waals surface area contributed by atoms with Gasteiger partial charge in [-0.15, -0.1) is 5.10 Å². The Hall–Kier alpha value is -4.37. The van der Waals surface area contributed by atoms with E-state index in [1.807, 2.05) is 6.92 Å². The van der Waals surface area contributed by atoms with Crippen molar-refractivity contribution in [3.05, 3.63) is 46.6 Å². The van der Waals surface area contributed by atoms with E-state index >= 15 is 0 Å². The van der Waals surface area contributed by atoms with Gasteiger partial charge in [0.05, 0.1) is 70.4 Å². The van der Waals surface area contributed by atoms with Gasteiger partial charge in [-0.05, 0) is 42.1 Å². The largest absolute Gasteiger partial charge is 0.497 e. The predicted octanol–water partition coefficient (Wildman–Crippen LogP) is 0.769.